The first-order chi connectivity index (χ1) is 8.41. The van der Waals surface area contributed by atoms with E-state index in [-0.39, 0.29) is 10.7 Å². The Kier molecular flexibility index (Phi) is 3.70. The van der Waals surface area contributed by atoms with E-state index in [1.54, 1.807) is 18.2 Å². The SMILES string of the molecule is CC1=CC(=S)C(n2c(C(Cl)Cl)nn(F)c2=O)C=C1. The summed E-state index contributed by atoms with van der Waals surface area (Å²) in [5, 5.41) is 3.36. The molecular formula is C10H8Cl2FN3OS. The van der Waals surface area contributed by atoms with Crippen LogP contribution in [0.3, 0.4) is 0 Å². The van der Waals surface area contributed by atoms with Gasteiger partial charge in [-0.2, -0.15) is 0 Å². The van der Waals surface area contributed by atoms with Crippen molar-refractivity contribution in [1.82, 2.24) is 14.6 Å². The molecule has 18 heavy (non-hydrogen) atoms. The van der Waals surface area contributed by atoms with Gasteiger partial charge in [0.1, 0.15) is 0 Å². The lowest BCUT2D eigenvalue weighted by atomic mass is 10.0. The van der Waals surface area contributed by atoms with Gasteiger partial charge in [-0.3, -0.25) is 4.57 Å². The molecule has 0 aromatic carbocycles. The first kappa shape index (κ1) is 13.5. The summed E-state index contributed by atoms with van der Waals surface area (Å²) in [6.07, 6.45) is 5.19. The highest BCUT2D eigenvalue weighted by Crippen LogP contribution is 2.27. The number of hydrogen-bond acceptors (Lipinski definition) is 3. The fraction of sp³-hybridized carbons (Fsp3) is 0.300. The lowest BCUT2D eigenvalue weighted by Crippen LogP contribution is -2.29. The predicted octanol–water partition coefficient (Wildman–Crippen LogP) is 2.68. The summed E-state index contributed by atoms with van der Waals surface area (Å²) in [4.78, 5) is 10.7. The zero-order valence-corrected chi connectivity index (χ0v) is 11.5. The van der Waals surface area contributed by atoms with Gasteiger partial charge in [-0.15, -0.1) is 5.10 Å². The summed E-state index contributed by atoms with van der Waals surface area (Å²) in [5.74, 6) is -0.0733. The number of thiocarbonyl (C=S) groups is 1. The van der Waals surface area contributed by atoms with E-state index in [0.717, 1.165) is 10.1 Å². The van der Waals surface area contributed by atoms with Gasteiger partial charge in [0.05, 0.1) is 6.04 Å². The fourth-order valence-electron chi connectivity index (χ4n) is 1.69. The fourth-order valence-corrected chi connectivity index (χ4v) is 2.35. The van der Waals surface area contributed by atoms with Crippen molar-refractivity contribution < 1.29 is 4.48 Å². The Bertz CT molecular complexity index is 617. The zero-order chi connectivity index (χ0) is 13.4. The molecule has 1 aromatic rings. The Morgan fingerprint density at radius 2 is 2.22 bits per heavy atom. The summed E-state index contributed by atoms with van der Waals surface area (Å²) in [5.41, 5.74) is -0.00645. The van der Waals surface area contributed by atoms with Crippen LogP contribution in [0.1, 0.15) is 23.6 Å². The maximum Gasteiger partial charge on any atom is 0.376 e. The largest absolute Gasteiger partial charge is 0.376 e. The monoisotopic (exact) mass is 307 g/mol. The van der Waals surface area contributed by atoms with Crippen LogP contribution in [0.15, 0.2) is 28.6 Å². The second kappa shape index (κ2) is 4.95. The molecule has 0 amide bonds. The van der Waals surface area contributed by atoms with Crippen molar-refractivity contribution in [2.45, 2.75) is 17.8 Å². The molecule has 1 atom stereocenters. The van der Waals surface area contributed by atoms with Crippen molar-refractivity contribution in [1.29, 1.82) is 0 Å². The van der Waals surface area contributed by atoms with E-state index in [2.05, 4.69) is 5.10 Å². The van der Waals surface area contributed by atoms with Crippen LogP contribution in [0.2, 0.25) is 0 Å². The van der Waals surface area contributed by atoms with Gasteiger partial charge in [-0.25, -0.2) is 4.79 Å². The third-order valence-corrected chi connectivity index (χ3v) is 3.23. The summed E-state index contributed by atoms with van der Waals surface area (Å²) >= 11 is 16.5. The van der Waals surface area contributed by atoms with Crippen LogP contribution >= 0.6 is 35.4 Å². The van der Waals surface area contributed by atoms with Gasteiger partial charge in [-0.05, 0) is 17.9 Å². The first-order valence-electron chi connectivity index (χ1n) is 4.98. The van der Waals surface area contributed by atoms with Gasteiger partial charge >= 0.3 is 5.69 Å². The van der Waals surface area contributed by atoms with E-state index < -0.39 is 16.6 Å². The zero-order valence-electron chi connectivity index (χ0n) is 9.18. The average Bonchev–Trinajstić information content (AvgIpc) is 2.57. The molecule has 1 heterocycles. The molecule has 0 aliphatic heterocycles. The van der Waals surface area contributed by atoms with Crippen LogP contribution in [-0.2, 0) is 0 Å². The Balaban J connectivity index is 2.56. The minimum atomic E-state index is -1.11. The lowest BCUT2D eigenvalue weighted by Gasteiger charge is -2.18. The van der Waals surface area contributed by atoms with Crippen molar-refractivity contribution in [3.05, 3.63) is 40.1 Å². The highest BCUT2D eigenvalue weighted by Gasteiger charge is 2.26. The van der Waals surface area contributed by atoms with Crippen LogP contribution in [0.5, 0.6) is 0 Å². The van der Waals surface area contributed by atoms with Crippen molar-refractivity contribution in [3.8, 4) is 0 Å². The summed E-state index contributed by atoms with van der Waals surface area (Å²) < 4.78 is 14.2. The van der Waals surface area contributed by atoms with Crippen LogP contribution in [-0.4, -0.2) is 19.4 Å². The second-order valence-corrected chi connectivity index (χ2v) is 5.33. The standard InChI is InChI=1S/C10H8Cl2FN3OS/c1-5-2-3-6(7(18)4-5)15-9(8(11)12)14-16(13)10(15)17/h2-4,6,8H,1H3. The predicted molar refractivity (Wildman–Crippen MR) is 72.0 cm³/mol. The van der Waals surface area contributed by atoms with Gasteiger partial charge in [0.25, 0.3) is 0 Å². The molecule has 0 bridgehead atoms. The average molecular weight is 308 g/mol. The molecule has 0 radical (unpaired) electrons. The molecule has 0 saturated carbocycles. The molecule has 0 saturated heterocycles. The van der Waals surface area contributed by atoms with E-state index in [0.29, 0.717) is 4.86 Å². The number of aromatic nitrogens is 3. The van der Waals surface area contributed by atoms with Crippen LogP contribution in [0.25, 0.3) is 0 Å². The molecule has 0 N–H and O–H groups in total. The number of nitrogens with zero attached hydrogens (tertiary/aromatic N) is 3. The van der Waals surface area contributed by atoms with E-state index >= 15 is 0 Å². The van der Waals surface area contributed by atoms with Gasteiger partial charge in [0.2, 0.25) is 0 Å². The number of alkyl halides is 2. The molecule has 2 rings (SSSR count). The maximum absolute atomic E-state index is 13.2. The van der Waals surface area contributed by atoms with Crippen molar-refractivity contribution in [2.24, 2.45) is 0 Å². The van der Waals surface area contributed by atoms with E-state index in [4.69, 9.17) is 35.4 Å². The summed E-state index contributed by atoms with van der Waals surface area (Å²) in [7, 11) is 0. The molecule has 1 aliphatic carbocycles. The molecule has 1 unspecified atom stereocenters. The summed E-state index contributed by atoms with van der Waals surface area (Å²) in [6.45, 7) is 1.87. The minimum Gasteiger partial charge on any atom is -0.262 e. The second-order valence-electron chi connectivity index (χ2n) is 3.77. The van der Waals surface area contributed by atoms with Gasteiger partial charge in [-0.1, -0.05) is 57.6 Å². The maximum atomic E-state index is 13.2. The molecule has 4 nitrogen and oxygen atoms in total. The Morgan fingerprint density at radius 1 is 1.56 bits per heavy atom. The van der Waals surface area contributed by atoms with Crippen LogP contribution in [0, 0.1) is 0 Å². The molecular weight excluding hydrogens is 300 g/mol. The van der Waals surface area contributed by atoms with Crippen molar-refractivity contribution in [2.75, 3.05) is 0 Å². The quantitative estimate of drug-likeness (QED) is 0.623. The van der Waals surface area contributed by atoms with Crippen molar-refractivity contribution >= 4 is 40.3 Å². The van der Waals surface area contributed by atoms with Gasteiger partial charge < -0.3 is 0 Å². The third kappa shape index (κ3) is 2.28. The Hall–Kier alpha value is -0.980. The van der Waals surface area contributed by atoms with E-state index in [9.17, 15) is 9.28 Å². The molecule has 96 valence electrons. The summed E-state index contributed by atoms with van der Waals surface area (Å²) in [6, 6.07) is -0.601. The van der Waals surface area contributed by atoms with Crippen LogP contribution < -0.4 is 5.69 Å². The Labute approximate surface area is 117 Å². The molecule has 0 spiro atoms. The molecule has 1 aromatic heterocycles. The lowest BCUT2D eigenvalue weighted by molar-refractivity contribution is 0.297. The highest BCUT2D eigenvalue weighted by atomic mass is 35.5. The van der Waals surface area contributed by atoms with Gasteiger partial charge in [0, 0.05) is 4.86 Å². The Morgan fingerprint density at radius 3 is 2.78 bits per heavy atom. The number of halogens is 3. The molecule has 8 heteroatoms. The van der Waals surface area contributed by atoms with Gasteiger partial charge in [0.15, 0.2) is 10.7 Å². The third-order valence-electron chi connectivity index (χ3n) is 2.48. The molecule has 0 fully saturated rings. The topological polar surface area (TPSA) is 39.8 Å². The number of hydrogen-bond donors (Lipinski definition) is 0. The van der Waals surface area contributed by atoms with Crippen molar-refractivity contribution in [3.63, 3.8) is 0 Å². The van der Waals surface area contributed by atoms with E-state index in [1.807, 2.05) is 6.92 Å². The first-order valence-corrected chi connectivity index (χ1v) is 6.26. The smallest absolute Gasteiger partial charge is 0.262 e. The minimum absolute atomic E-state index is 0.0733. The normalized spacial score (nSPS) is 19.5. The van der Waals surface area contributed by atoms with E-state index in [1.165, 1.54) is 0 Å². The number of allylic oxidation sites excluding steroid dienone is 4. The number of rotatable bonds is 2. The van der Waals surface area contributed by atoms with Crippen LogP contribution in [0.4, 0.5) is 4.48 Å². The molecule has 1 aliphatic rings. The highest BCUT2D eigenvalue weighted by molar-refractivity contribution is 7.80.